The standard InChI is InChI=1S/C13H17N4O4/c1-3-6-12(14-9(2)18)21-16-10-7-4-5-8-11(10)17(20)15-13(16)19/h4-5,7-8,12H,3,6H2,1-2H3,(H,14,18)(H,15,19)/q-1. The van der Waals surface area contributed by atoms with Crippen molar-refractivity contribution >= 4 is 23.3 Å². The summed E-state index contributed by atoms with van der Waals surface area (Å²) in [6.07, 6.45) is 0.645. The summed E-state index contributed by atoms with van der Waals surface area (Å²) in [5.74, 6) is -0.260. The van der Waals surface area contributed by atoms with Gasteiger partial charge >= 0.3 is 6.03 Å². The van der Waals surface area contributed by atoms with Crippen LogP contribution in [0, 0.1) is 5.21 Å². The van der Waals surface area contributed by atoms with Crippen LogP contribution in [0.4, 0.5) is 16.2 Å². The monoisotopic (exact) mass is 293 g/mol. The van der Waals surface area contributed by atoms with Gasteiger partial charge in [0.1, 0.15) is 0 Å². The predicted octanol–water partition coefficient (Wildman–Crippen LogP) is 1.63. The smallest absolute Gasteiger partial charge is 0.364 e. The Morgan fingerprint density at radius 2 is 2.10 bits per heavy atom. The number of urea groups is 1. The number of fused-ring (bicyclic) bond motifs is 1. The summed E-state index contributed by atoms with van der Waals surface area (Å²) in [7, 11) is 0. The van der Waals surface area contributed by atoms with Gasteiger partial charge < -0.3 is 15.7 Å². The molecule has 21 heavy (non-hydrogen) atoms. The summed E-state index contributed by atoms with van der Waals surface area (Å²) < 4.78 is 0. The molecule has 1 atom stereocenters. The first-order chi connectivity index (χ1) is 10.0. The number of hydroxylamine groups is 1. The molecule has 1 aliphatic rings. The molecule has 1 heterocycles. The van der Waals surface area contributed by atoms with E-state index < -0.39 is 12.3 Å². The van der Waals surface area contributed by atoms with Gasteiger partial charge in [-0.1, -0.05) is 25.5 Å². The van der Waals surface area contributed by atoms with Gasteiger partial charge in [-0.05, 0) is 18.6 Å². The molecule has 0 radical (unpaired) electrons. The highest BCUT2D eigenvalue weighted by molar-refractivity contribution is 5.98. The van der Waals surface area contributed by atoms with Crippen molar-refractivity contribution in [3.05, 3.63) is 29.5 Å². The molecule has 0 bridgehead atoms. The van der Waals surface area contributed by atoms with E-state index in [1.165, 1.54) is 6.92 Å². The molecular formula is C13H17N4O4-. The second-order valence-corrected chi connectivity index (χ2v) is 4.58. The summed E-state index contributed by atoms with van der Waals surface area (Å²) in [6, 6.07) is 5.81. The molecule has 3 amide bonds. The lowest BCUT2D eigenvalue weighted by Crippen LogP contribution is -2.54. The second kappa shape index (κ2) is 6.42. The van der Waals surface area contributed by atoms with Gasteiger partial charge in [0.05, 0.1) is 11.4 Å². The molecule has 0 aromatic heterocycles. The molecule has 1 aromatic rings. The molecule has 1 aromatic carbocycles. The Bertz CT molecular complexity index is 537. The minimum Gasteiger partial charge on any atom is -0.739 e. The highest BCUT2D eigenvalue weighted by atomic mass is 16.7. The van der Waals surface area contributed by atoms with E-state index in [9.17, 15) is 14.8 Å². The van der Waals surface area contributed by atoms with Gasteiger partial charge in [0, 0.05) is 6.92 Å². The molecule has 0 spiro atoms. The molecular weight excluding hydrogens is 276 g/mol. The van der Waals surface area contributed by atoms with Crippen LogP contribution in [0.1, 0.15) is 26.7 Å². The van der Waals surface area contributed by atoms with E-state index in [1.807, 2.05) is 6.92 Å². The minimum atomic E-state index is -0.713. The number of amides is 3. The van der Waals surface area contributed by atoms with Crippen LogP contribution in [-0.4, -0.2) is 18.2 Å². The third-order valence-electron chi connectivity index (χ3n) is 2.85. The molecule has 0 saturated carbocycles. The average Bonchev–Trinajstić information content (AvgIpc) is 2.43. The van der Waals surface area contributed by atoms with Crippen LogP contribution < -0.4 is 21.0 Å². The summed E-state index contributed by atoms with van der Waals surface area (Å²) in [5, 5.41) is 15.6. The minimum absolute atomic E-state index is 0.259. The van der Waals surface area contributed by atoms with Gasteiger partial charge in [0.2, 0.25) is 5.91 Å². The highest BCUT2D eigenvalue weighted by Gasteiger charge is 2.28. The fraction of sp³-hybridized carbons (Fsp3) is 0.385. The zero-order valence-corrected chi connectivity index (χ0v) is 11.8. The number of carbonyl (C=O) groups is 2. The number of hydrazine groups is 1. The Kier molecular flexibility index (Phi) is 4.61. The number of hydrogen-bond donors (Lipinski definition) is 2. The van der Waals surface area contributed by atoms with Crippen LogP contribution in [0.5, 0.6) is 0 Å². The van der Waals surface area contributed by atoms with Crippen LogP contribution in [0.15, 0.2) is 24.3 Å². The van der Waals surface area contributed by atoms with Crippen molar-refractivity contribution in [3.8, 4) is 0 Å². The summed E-state index contributed by atoms with van der Waals surface area (Å²) in [5.41, 5.74) is 2.69. The fourth-order valence-corrected chi connectivity index (χ4v) is 1.98. The Morgan fingerprint density at radius 1 is 1.43 bits per heavy atom. The van der Waals surface area contributed by atoms with Crippen LogP contribution >= 0.6 is 0 Å². The first-order valence-electron chi connectivity index (χ1n) is 6.63. The normalized spacial score (nSPS) is 15.3. The van der Waals surface area contributed by atoms with Gasteiger partial charge in [-0.2, -0.15) is 5.06 Å². The van der Waals surface area contributed by atoms with Gasteiger partial charge in [-0.15, -0.1) is 0 Å². The largest absolute Gasteiger partial charge is 0.739 e. The number of hydrogen-bond acceptors (Lipinski definition) is 5. The van der Waals surface area contributed by atoms with Gasteiger partial charge in [-0.3, -0.25) is 10.2 Å². The van der Waals surface area contributed by atoms with E-state index in [4.69, 9.17) is 4.84 Å². The van der Waals surface area contributed by atoms with E-state index >= 15 is 0 Å². The van der Waals surface area contributed by atoms with Crippen molar-refractivity contribution in [1.82, 2.24) is 10.7 Å². The average molecular weight is 293 g/mol. The van der Waals surface area contributed by atoms with Gasteiger partial charge in [0.15, 0.2) is 6.23 Å². The number of carbonyl (C=O) groups excluding carboxylic acids is 2. The number of nitrogens with one attached hydrogen (secondary N) is 2. The third kappa shape index (κ3) is 3.41. The fourth-order valence-electron chi connectivity index (χ4n) is 1.98. The second-order valence-electron chi connectivity index (χ2n) is 4.58. The molecule has 114 valence electrons. The zero-order chi connectivity index (χ0) is 15.4. The maximum absolute atomic E-state index is 11.9. The topological polar surface area (TPSA) is 97.0 Å². The van der Waals surface area contributed by atoms with Gasteiger partial charge in [-0.25, -0.2) is 9.63 Å². The maximum atomic E-state index is 11.9. The SMILES string of the molecule is CCCC(NC(C)=O)ON1C(=O)NN([O-])c2ccccc21. The number of rotatable bonds is 5. The lowest BCUT2D eigenvalue weighted by molar-refractivity contribution is -0.123. The number of nitrogens with zero attached hydrogens (tertiary/aromatic N) is 2. The van der Waals surface area contributed by atoms with Crippen LogP contribution in [0.3, 0.4) is 0 Å². The van der Waals surface area contributed by atoms with Crippen LogP contribution in [0.25, 0.3) is 0 Å². The third-order valence-corrected chi connectivity index (χ3v) is 2.85. The Hall–Kier alpha value is -2.32. The molecule has 2 rings (SSSR count). The summed E-state index contributed by atoms with van der Waals surface area (Å²) in [4.78, 5) is 28.7. The van der Waals surface area contributed by atoms with E-state index in [1.54, 1.807) is 24.3 Å². The molecule has 2 N–H and O–H groups in total. The Labute approximate surface area is 122 Å². The number of benzene rings is 1. The van der Waals surface area contributed by atoms with Crippen molar-refractivity contribution in [2.45, 2.75) is 32.9 Å². The van der Waals surface area contributed by atoms with E-state index in [2.05, 4.69) is 10.7 Å². The van der Waals surface area contributed by atoms with Crippen molar-refractivity contribution in [1.29, 1.82) is 0 Å². The molecule has 8 nitrogen and oxygen atoms in total. The van der Waals surface area contributed by atoms with E-state index in [0.717, 1.165) is 11.5 Å². The molecule has 8 heteroatoms. The number of anilines is 2. The van der Waals surface area contributed by atoms with Gasteiger partial charge in [0.25, 0.3) is 0 Å². The van der Waals surface area contributed by atoms with Crippen LogP contribution in [-0.2, 0) is 9.63 Å². The lowest BCUT2D eigenvalue weighted by atomic mass is 10.2. The predicted molar refractivity (Wildman–Crippen MR) is 76.9 cm³/mol. The van der Waals surface area contributed by atoms with Crippen LogP contribution in [0.2, 0.25) is 0 Å². The molecule has 0 saturated heterocycles. The van der Waals surface area contributed by atoms with E-state index in [-0.39, 0.29) is 11.6 Å². The quantitative estimate of drug-likeness (QED) is 0.804. The highest BCUT2D eigenvalue weighted by Crippen LogP contribution is 2.31. The van der Waals surface area contributed by atoms with E-state index in [0.29, 0.717) is 17.3 Å². The molecule has 0 fully saturated rings. The molecule has 1 aliphatic heterocycles. The Morgan fingerprint density at radius 3 is 2.71 bits per heavy atom. The van der Waals surface area contributed by atoms with Crippen molar-refractivity contribution < 1.29 is 14.4 Å². The maximum Gasteiger partial charge on any atom is 0.364 e. The zero-order valence-electron chi connectivity index (χ0n) is 11.8. The van der Waals surface area contributed by atoms with Crippen molar-refractivity contribution in [3.63, 3.8) is 0 Å². The summed E-state index contributed by atoms with van der Waals surface area (Å²) in [6.45, 7) is 3.30. The Balaban J connectivity index is 2.23. The van der Waals surface area contributed by atoms with Crippen molar-refractivity contribution in [2.75, 3.05) is 10.2 Å². The number of para-hydroxylation sites is 2. The molecule has 0 aliphatic carbocycles. The first-order valence-corrected chi connectivity index (χ1v) is 6.63. The summed E-state index contributed by atoms with van der Waals surface area (Å²) >= 11 is 0. The molecule has 1 unspecified atom stereocenters. The first kappa shape index (κ1) is 15.1. The van der Waals surface area contributed by atoms with Crippen molar-refractivity contribution in [2.24, 2.45) is 0 Å². The lowest BCUT2D eigenvalue weighted by Gasteiger charge is -2.41.